The maximum absolute atomic E-state index is 11.7. The number of carbonyl (C=O) groups excluding carboxylic acids is 1. The van der Waals surface area contributed by atoms with Crippen LogP contribution in [0.5, 0.6) is 5.75 Å². The first-order valence-corrected chi connectivity index (χ1v) is 9.79. The molecule has 0 unspecified atom stereocenters. The Morgan fingerprint density at radius 3 is 2.89 bits per heavy atom. The molecule has 1 heterocycles. The molecule has 0 bridgehead atoms. The molecule has 0 radical (unpaired) electrons. The molecule has 0 amide bonds. The van der Waals surface area contributed by atoms with E-state index in [9.17, 15) is 9.90 Å². The quantitative estimate of drug-likeness (QED) is 0.399. The van der Waals surface area contributed by atoms with Crippen molar-refractivity contribution >= 4 is 16.9 Å². The van der Waals surface area contributed by atoms with Crippen LogP contribution in [0.25, 0.3) is 10.9 Å². The summed E-state index contributed by atoms with van der Waals surface area (Å²) in [7, 11) is 0. The van der Waals surface area contributed by atoms with Crippen molar-refractivity contribution in [1.29, 1.82) is 0 Å². The second kappa shape index (κ2) is 9.95. The molecule has 3 rings (SSSR count). The summed E-state index contributed by atoms with van der Waals surface area (Å²) in [6, 6.07) is 15.4. The summed E-state index contributed by atoms with van der Waals surface area (Å²) in [4.78, 5) is 14.9. The third-order valence-corrected chi connectivity index (χ3v) is 4.72. The lowest BCUT2D eigenvalue weighted by atomic mass is 10.0. The van der Waals surface area contributed by atoms with Gasteiger partial charge in [-0.2, -0.15) is 0 Å². The Balaban J connectivity index is 1.53. The van der Waals surface area contributed by atoms with E-state index in [-0.39, 0.29) is 12.6 Å². The van der Waals surface area contributed by atoms with Crippen LogP contribution >= 0.6 is 0 Å². The maximum Gasteiger partial charge on any atom is 0.344 e. The highest BCUT2D eigenvalue weighted by Gasteiger charge is 2.12. The topological polar surface area (TPSA) is 71.6 Å². The van der Waals surface area contributed by atoms with Crippen molar-refractivity contribution < 1.29 is 19.4 Å². The first kappa shape index (κ1) is 20.0. The highest BCUT2D eigenvalue weighted by molar-refractivity contribution is 5.83. The number of aromatic amines is 1. The van der Waals surface area contributed by atoms with E-state index in [0.717, 1.165) is 30.3 Å². The highest BCUT2D eigenvalue weighted by Crippen LogP contribution is 2.25. The summed E-state index contributed by atoms with van der Waals surface area (Å²) in [5.41, 5.74) is 3.07. The number of unbranched alkanes of at least 4 members (excludes halogenated alkanes) is 1. The molecule has 0 fully saturated rings. The molecule has 0 saturated heterocycles. The van der Waals surface area contributed by atoms with Crippen molar-refractivity contribution in [3.63, 3.8) is 0 Å². The number of aliphatic hydroxyl groups excluding tert-OH is 1. The zero-order valence-corrected chi connectivity index (χ0v) is 16.2. The average Bonchev–Trinajstić information content (AvgIpc) is 3.14. The van der Waals surface area contributed by atoms with Crippen LogP contribution in [-0.4, -0.2) is 29.3 Å². The van der Waals surface area contributed by atoms with Gasteiger partial charge in [0.2, 0.25) is 0 Å². The molecular formula is C23H27NO4. The number of hydrogen-bond acceptors (Lipinski definition) is 4. The van der Waals surface area contributed by atoms with Crippen molar-refractivity contribution in [3.8, 4) is 5.75 Å². The fraction of sp³-hybridized carbons (Fsp3) is 0.348. The van der Waals surface area contributed by atoms with Crippen molar-refractivity contribution in [3.05, 3.63) is 65.9 Å². The minimum atomic E-state index is -0.603. The van der Waals surface area contributed by atoms with Crippen molar-refractivity contribution in [2.75, 3.05) is 13.2 Å². The number of carbonyl (C=O) groups is 1. The standard InChI is InChI=1S/C23H27NO4/c1-2-3-13-27-23(26)16-28-19-8-6-7-17(14-19)22(25)12-11-18-15-24-21-10-5-4-9-20(18)21/h4-10,14-15,22,24-25H,2-3,11-13,16H2,1H3/t22-/m1/s1. The van der Waals surface area contributed by atoms with Crippen LogP contribution in [0.15, 0.2) is 54.7 Å². The molecule has 1 atom stereocenters. The molecule has 5 heteroatoms. The summed E-state index contributed by atoms with van der Waals surface area (Å²) in [6.07, 6.45) is 4.59. The van der Waals surface area contributed by atoms with E-state index < -0.39 is 6.10 Å². The van der Waals surface area contributed by atoms with E-state index in [4.69, 9.17) is 9.47 Å². The van der Waals surface area contributed by atoms with Crippen LogP contribution in [0.3, 0.4) is 0 Å². The molecule has 0 spiro atoms. The van der Waals surface area contributed by atoms with Gasteiger partial charge < -0.3 is 19.6 Å². The van der Waals surface area contributed by atoms with Crippen molar-refractivity contribution in [1.82, 2.24) is 4.98 Å². The Morgan fingerprint density at radius 1 is 1.18 bits per heavy atom. The van der Waals surface area contributed by atoms with Gasteiger partial charge in [0.1, 0.15) is 5.75 Å². The summed E-state index contributed by atoms with van der Waals surface area (Å²) < 4.78 is 10.6. The van der Waals surface area contributed by atoms with Crippen LogP contribution in [0.1, 0.15) is 43.4 Å². The second-order valence-electron chi connectivity index (χ2n) is 6.85. The van der Waals surface area contributed by atoms with Gasteiger partial charge in [0, 0.05) is 17.1 Å². The number of aryl methyl sites for hydroxylation is 1. The molecule has 0 aliphatic heterocycles. The third-order valence-electron chi connectivity index (χ3n) is 4.72. The van der Waals surface area contributed by atoms with Gasteiger partial charge in [0.05, 0.1) is 12.7 Å². The number of aliphatic hydroxyl groups is 1. The molecule has 3 aromatic rings. The van der Waals surface area contributed by atoms with Crippen LogP contribution in [0.2, 0.25) is 0 Å². The number of H-pyrrole nitrogens is 1. The van der Waals surface area contributed by atoms with E-state index in [1.807, 2.05) is 43.5 Å². The zero-order valence-electron chi connectivity index (χ0n) is 16.2. The lowest BCUT2D eigenvalue weighted by Crippen LogP contribution is -2.15. The molecule has 2 aromatic carbocycles. The summed E-state index contributed by atoms with van der Waals surface area (Å²) in [6.45, 7) is 2.34. The number of ether oxygens (including phenoxy) is 2. The van der Waals surface area contributed by atoms with Gasteiger partial charge in [0.15, 0.2) is 6.61 Å². The molecule has 148 valence electrons. The zero-order chi connectivity index (χ0) is 19.8. The van der Waals surface area contributed by atoms with Gasteiger partial charge in [-0.25, -0.2) is 4.79 Å². The molecule has 5 nitrogen and oxygen atoms in total. The summed E-state index contributed by atoms with van der Waals surface area (Å²) >= 11 is 0. The van der Waals surface area contributed by atoms with Crippen LogP contribution in [0, 0.1) is 0 Å². The normalized spacial score (nSPS) is 12.1. The van der Waals surface area contributed by atoms with Gasteiger partial charge in [-0.15, -0.1) is 0 Å². The minimum absolute atomic E-state index is 0.126. The van der Waals surface area contributed by atoms with Crippen LogP contribution in [-0.2, 0) is 16.0 Å². The predicted octanol–water partition coefficient (Wildman–Crippen LogP) is 4.56. The summed E-state index contributed by atoms with van der Waals surface area (Å²) in [5.74, 6) is 0.176. The first-order chi connectivity index (χ1) is 13.7. The molecule has 0 aliphatic rings. The highest BCUT2D eigenvalue weighted by atomic mass is 16.6. The number of rotatable bonds is 10. The number of aromatic nitrogens is 1. The number of para-hydroxylation sites is 1. The fourth-order valence-electron chi connectivity index (χ4n) is 3.12. The molecular weight excluding hydrogens is 354 g/mol. The Morgan fingerprint density at radius 2 is 2.04 bits per heavy atom. The maximum atomic E-state index is 11.7. The van der Waals surface area contributed by atoms with E-state index >= 15 is 0 Å². The second-order valence-corrected chi connectivity index (χ2v) is 6.85. The average molecular weight is 381 g/mol. The van der Waals surface area contributed by atoms with Crippen LogP contribution in [0.4, 0.5) is 0 Å². The monoisotopic (exact) mass is 381 g/mol. The number of hydrogen-bond donors (Lipinski definition) is 2. The van der Waals surface area contributed by atoms with Gasteiger partial charge in [0.25, 0.3) is 0 Å². The number of nitrogens with one attached hydrogen (secondary N) is 1. The van der Waals surface area contributed by atoms with Gasteiger partial charge in [-0.1, -0.05) is 43.7 Å². The molecule has 28 heavy (non-hydrogen) atoms. The van der Waals surface area contributed by atoms with Gasteiger partial charge in [-0.05, 0) is 48.6 Å². The smallest absolute Gasteiger partial charge is 0.344 e. The van der Waals surface area contributed by atoms with Gasteiger partial charge >= 0.3 is 5.97 Å². The molecule has 2 N–H and O–H groups in total. The predicted molar refractivity (Wildman–Crippen MR) is 109 cm³/mol. The fourth-order valence-corrected chi connectivity index (χ4v) is 3.12. The largest absolute Gasteiger partial charge is 0.482 e. The van der Waals surface area contributed by atoms with Gasteiger partial charge in [-0.3, -0.25) is 0 Å². The first-order valence-electron chi connectivity index (χ1n) is 9.79. The molecule has 0 saturated carbocycles. The van der Waals surface area contributed by atoms with Crippen molar-refractivity contribution in [2.24, 2.45) is 0 Å². The Kier molecular flexibility index (Phi) is 7.09. The Hall–Kier alpha value is -2.79. The minimum Gasteiger partial charge on any atom is -0.482 e. The van der Waals surface area contributed by atoms with Crippen LogP contribution < -0.4 is 4.74 Å². The molecule has 0 aliphatic carbocycles. The Labute approximate surface area is 165 Å². The van der Waals surface area contributed by atoms with E-state index in [0.29, 0.717) is 18.8 Å². The van der Waals surface area contributed by atoms with E-state index in [1.165, 1.54) is 10.9 Å². The molecule has 1 aromatic heterocycles. The van der Waals surface area contributed by atoms with E-state index in [1.54, 1.807) is 12.1 Å². The Bertz CT molecular complexity index is 902. The lowest BCUT2D eigenvalue weighted by molar-refractivity contribution is -0.146. The number of fused-ring (bicyclic) bond motifs is 1. The SMILES string of the molecule is CCCCOC(=O)COc1cccc([C@H](O)CCc2c[nH]c3ccccc23)c1. The number of benzene rings is 2. The lowest BCUT2D eigenvalue weighted by Gasteiger charge is -2.13. The van der Waals surface area contributed by atoms with Crippen molar-refractivity contribution in [2.45, 2.75) is 38.7 Å². The number of esters is 1. The summed E-state index contributed by atoms with van der Waals surface area (Å²) in [5, 5.41) is 11.8. The van der Waals surface area contributed by atoms with E-state index in [2.05, 4.69) is 11.1 Å². The third kappa shape index (κ3) is 5.36.